The van der Waals surface area contributed by atoms with E-state index in [-0.39, 0.29) is 18.9 Å². The first-order chi connectivity index (χ1) is 22.7. The molecule has 0 spiro atoms. The second kappa shape index (κ2) is 39.6. The van der Waals surface area contributed by atoms with E-state index >= 15 is 0 Å². The fourth-order valence-corrected chi connectivity index (χ4v) is 3.03. The highest BCUT2D eigenvalue weighted by Crippen LogP contribution is 1.88. The first-order valence-corrected chi connectivity index (χ1v) is 15.8. The van der Waals surface area contributed by atoms with Gasteiger partial charge in [0.15, 0.2) is 0 Å². The molecule has 0 saturated carbocycles. The van der Waals surface area contributed by atoms with Gasteiger partial charge in [0.05, 0.1) is 159 Å². The van der Waals surface area contributed by atoms with Crippen molar-refractivity contribution in [1.82, 2.24) is 5.32 Å². The zero-order chi connectivity index (χ0) is 33.4. The topological polar surface area (TPSA) is 203 Å². The van der Waals surface area contributed by atoms with E-state index in [1.54, 1.807) is 0 Å². The Hall–Kier alpha value is -1.58. The van der Waals surface area contributed by atoms with Crippen LogP contribution in [0.15, 0.2) is 0 Å². The molecule has 17 heteroatoms. The minimum absolute atomic E-state index is 0.102. The maximum Gasteiger partial charge on any atom is 0.322 e. The van der Waals surface area contributed by atoms with Crippen molar-refractivity contribution in [3.05, 3.63) is 0 Å². The predicted octanol–water partition coefficient (Wildman–Crippen LogP) is -1.26. The van der Waals surface area contributed by atoms with Crippen LogP contribution >= 0.6 is 0 Å². The molecule has 0 saturated heterocycles. The molecule has 0 fully saturated rings. The normalized spacial score (nSPS) is 11.3. The van der Waals surface area contributed by atoms with Crippen LogP contribution in [0, 0.1) is 0 Å². The van der Waals surface area contributed by atoms with E-state index < -0.39 is 12.5 Å². The lowest BCUT2D eigenvalue weighted by atomic mass is 10.4. The molecule has 0 aromatic carbocycles. The Kier molecular flexibility index (Phi) is 38.2. The van der Waals surface area contributed by atoms with Crippen LogP contribution in [0.5, 0.6) is 0 Å². The minimum Gasteiger partial charge on any atom is -0.480 e. The van der Waals surface area contributed by atoms with Crippen molar-refractivity contribution in [3.63, 3.8) is 0 Å². The second-order valence-corrected chi connectivity index (χ2v) is 9.06. The van der Waals surface area contributed by atoms with Crippen LogP contribution in [-0.4, -0.2) is 189 Å². The van der Waals surface area contributed by atoms with Crippen LogP contribution in [-0.2, 0) is 66.4 Å². The van der Waals surface area contributed by atoms with E-state index in [1.807, 2.05) is 0 Å². The predicted molar refractivity (Wildman–Crippen MR) is 164 cm³/mol. The summed E-state index contributed by atoms with van der Waals surface area (Å²) in [5.74, 6) is -1.45. The van der Waals surface area contributed by atoms with Gasteiger partial charge in [0, 0.05) is 13.0 Å². The van der Waals surface area contributed by atoms with Gasteiger partial charge in [-0.05, 0) is 0 Å². The Morgan fingerprint density at radius 1 is 0.391 bits per heavy atom. The summed E-state index contributed by atoms with van der Waals surface area (Å²) in [7, 11) is 0. The third-order valence-electron chi connectivity index (χ3n) is 5.26. The molecule has 4 N–H and O–H groups in total. The molecule has 0 rings (SSSR count). The number of amides is 1. The molecular formula is C29H58N2O15. The molecule has 0 bridgehead atoms. The lowest BCUT2D eigenvalue weighted by Crippen LogP contribution is -2.30. The third kappa shape index (κ3) is 40.4. The van der Waals surface area contributed by atoms with Crippen molar-refractivity contribution in [3.8, 4) is 0 Å². The SMILES string of the molecule is NCCOCCOCCOCCOCCOCCOCCOCCOCCOCCOCCOCCOCCC(=O)NCC(=O)O. The monoisotopic (exact) mass is 674 g/mol. The number of ether oxygens (including phenoxy) is 12. The molecule has 0 unspecified atom stereocenters. The zero-order valence-electron chi connectivity index (χ0n) is 27.3. The fourth-order valence-electron chi connectivity index (χ4n) is 3.03. The maximum absolute atomic E-state index is 11.3. The Morgan fingerprint density at radius 3 is 0.826 bits per heavy atom. The van der Waals surface area contributed by atoms with Gasteiger partial charge >= 0.3 is 5.97 Å². The number of carbonyl (C=O) groups is 2. The van der Waals surface area contributed by atoms with Crippen molar-refractivity contribution >= 4 is 11.9 Å². The highest BCUT2D eigenvalue weighted by Gasteiger charge is 2.03. The Labute approximate surface area is 272 Å². The average Bonchev–Trinajstić information content (AvgIpc) is 3.05. The van der Waals surface area contributed by atoms with Crippen LogP contribution in [0.3, 0.4) is 0 Å². The van der Waals surface area contributed by atoms with Gasteiger partial charge in [-0.1, -0.05) is 0 Å². The van der Waals surface area contributed by atoms with Crippen molar-refractivity contribution < 1.29 is 71.5 Å². The first-order valence-electron chi connectivity index (χ1n) is 15.8. The number of rotatable bonds is 40. The average molecular weight is 675 g/mol. The number of carboxylic acids is 1. The quantitative estimate of drug-likeness (QED) is 0.0649. The molecule has 0 aliphatic carbocycles. The molecule has 46 heavy (non-hydrogen) atoms. The van der Waals surface area contributed by atoms with Gasteiger partial charge in [0.1, 0.15) is 6.54 Å². The third-order valence-corrected chi connectivity index (χ3v) is 5.26. The highest BCUT2D eigenvalue weighted by molar-refractivity contribution is 5.81. The molecule has 1 amide bonds. The first kappa shape index (κ1) is 44.4. The number of carboxylic acid groups (broad SMARTS) is 1. The fraction of sp³-hybridized carbons (Fsp3) is 0.931. The van der Waals surface area contributed by atoms with Gasteiger partial charge in [-0.3, -0.25) is 9.59 Å². The number of nitrogens with two attached hydrogens (primary N) is 1. The summed E-state index contributed by atoms with van der Waals surface area (Å²) in [6.07, 6.45) is 0.102. The lowest BCUT2D eigenvalue weighted by molar-refractivity contribution is -0.138. The van der Waals surface area contributed by atoms with Gasteiger partial charge in [0.25, 0.3) is 0 Å². The van der Waals surface area contributed by atoms with E-state index in [9.17, 15) is 9.59 Å². The maximum atomic E-state index is 11.3. The minimum atomic E-state index is -1.08. The van der Waals surface area contributed by atoms with E-state index in [0.29, 0.717) is 159 Å². The standard InChI is InChI=1S/C29H58N2O15/c30-2-4-36-6-8-38-10-12-40-14-16-42-18-20-44-22-24-46-26-25-45-23-21-43-19-17-41-15-13-39-11-9-37-7-5-35-3-1-28(32)31-27-29(33)34/h1-27,30H2,(H,31,32)(H,33,34). The van der Waals surface area contributed by atoms with Gasteiger partial charge in [-0.25, -0.2) is 0 Å². The highest BCUT2D eigenvalue weighted by atomic mass is 16.6. The van der Waals surface area contributed by atoms with Gasteiger partial charge < -0.3 is 73.0 Å². The Balaban J connectivity index is 3.08. The molecule has 17 nitrogen and oxygen atoms in total. The summed E-state index contributed by atoms with van der Waals surface area (Å²) in [5, 5.41) is 10.7. The van der Waals surface area contributed by atoms with Gasteiger partial charge in [-0.2, -0.15) is 0 Å². The number of hydrogen-bond donors (Lipinski definition) is 3. The van der Waals surface area contributed by atoms with Crippen LogP contribution in [0.25, 0.3) is 0 Å². The molecule has 0 heterocycles. The zero-order valence-corrected chi connectivity index (χ0v) is 27.3. The van der Waals surface area contributed by atoms with Gasteiger partial charge in [-0.15, -0.1) is 0 Å². The molecule has 0 aliphatic rings. The Morgan fingerprint density at radius 2 is 0.609 bits per heavy atom. The summed E-state index contributed by atoms with van der Waals surface area (Å²) in [6, 6.07) is 0. The Bertz CT molecular complexity index is 637. The molecular weight excluding hydrogens is 616 g/mol. The molecule has 0 aliphatic heterocycles. The number of aliphatic carboxylic acids is 1. The van der Waals surface area contributed by atoms with E-state index in [2.05, 4.69) is 5.32 Å². The van der Waals surface area contributed by atoms with E-state index in [0.717, 1.165) is 0 Å². The summed E-state index contributed by atoms with van der Waals surface area (Å²) in [4.78, 5) is 21.6. The molecule has 274 valence electrons. The number of nitrogens with one attached hydrogen (secondary N) is 1. The second-order valence-electron chi connectivity index (χ2n) is 9.06. The summed E-state index contributed by atoms with van der Waals surface area (Å²) >= 11 is 0. The summed E-state index contributed by atoms with van der Waals surface area (Å²) < 4.78 is 64.7. The van der Waals surface area contributed by atoms with E-state index in [4.69, 9.17) is 67.7 Å². The van der Waals surface area contributed by atoms with Crippen LogP contribution in [0.1, 0.15) is 6.42 Å². The van der Waals surface area contributed by atoms with Crippen molar-refractivity contribution in [2.75, 3.05) is 172 Å². The largest absolute Gasteiger partial charge is 0.480 e. The number of carbonyl (C=O) groups excluding carboxylic acids is 1. The van der Waals surface area contributed by atoms with Gasteiger partial charge in [0.2, 0.25) is 5.91 Å². The number of hydrogen-bond acceptors (Lipinski definition) is 15. The smallest absolute Gasteiger partial charge is 0.322 e. The van der Waals surface area contributed by atoms with Crippen LogP contribution in [0.4, 0.5) is 0 Å². The molecule has 0 aromatic heterocycles. The van der Waals surface area contributed by atoms with Crippen molar-refractivity contribution in [2.24, 2.45) is 5.73 Å². The molecule has 0 aromatic rings. The molecule has 0 radical (unpaired) electrons. The lowest BCUT2D eigenvalue weighted by Gasteiger charge is -2.09. The summed E-state index contributed by atoms with van der Waals surface area (Å²) in [6.45, 7) is 11.3. The summed E-state index contributed by atoms with van der Waals surface area (Å²) in [5.41, 5.74) is 5.32. The van der Waals surface area contributed by atoms with Crippen molar-refractivity contribution in [2.45, 2.75) is 6.42 Å². The van der Waals surface area contributed by atoms with Crippen molar-refractivity contribution in [1.29, 1.82) is 0 Å². The molecule has 0 atom stereocenters. The van der Waals surface area contributed by atoms with E-state index in [1.165, 1.54) is 0 Å². The van der Waals surface area contributed by atoms with Crippen LogP contribution in [0.2, 0.25) is 0 Å². The van der Waals surface area contributed by atoms with Crippen LogP contribution < -0.4 is 11.1 Å².